The zero-order valence-electron chi connectivity index (χ0n) is 13.5. The van der Waals surface area contributed by atoms with Crippen LogP contribution >= 0.6 is 0 Å². The molecule has 1 N–H and O–H groups in total. The maximum absolute atomic E-state index is 13.5. The highest BCUT2D eigenvalue weighted by atomic mass is 19.1. The highest BCUT2D eigenvalue weighted by Crippen LogP contribution is 2.34. The molecule has 1 aliphatic heterocycles. The van der Waals surface area contributed by atoms with E-state index < -0.39 is 0 Å². The molecule has 1 aromatic rings. The largest absolute Gasteiger partial charge is 0.372 e. The third kappa shape index (κ3) is 5.08. The van der Waals surface area contributed by atoms with Crippen LogP contribution in [0.1, 0.15) is 57.9 Å². The predicted octanol–water partition coefficient (Wildman–Crippen LogP) is 4.26. The van der Waals surface area contributed by atoms with Gasteiger partial charge in [-0.15, -0.1) is 0 Å². The predicted molar refractivity (Wildman–Crippen MR) is 85.1 cm³/mol. The van der Waals surface area contributed by atoms with Crippen LogP contribution in [0.4, 0.5) is 4.39 Å². The molecule has 0 aliphatic carbocycles. The van der Waals surface area contributed by atoms with E-state index in [2.05, 4.69) is 26.1 Å². The van der Waals surface area contributed by atoms with E-state index in [1.54, 1.807) is 12.1 Å². The van der Waals surface area contributed by atoms with Gasteiger partial charge in [-0.1, -0.05) is 19.1 Å². The van der Waals surface area contributed by atoms with Crippen LogP contribution in [0.2, 0.25) is 0 Å². The van der Waals surface area contributed by atoms with Gasteiger partial charge in [0.15, 0.2) is 0 Å². The first kappa shape index (κ1) is 16.4. The Kier molecular flexibility index (Phi) is 5.77. The summed E-state index contributed by atoms with van der Waals surface area (Å²) < 4.78 is 19.6. The summed E-state index contributed by atoms with van der Waals surface area (Å²) in [5.41, 5.74) is 1.07. The molecule has 0 saturated carbocycles. The van der Waals surface area contributed by atoms with E-state index in [0.29, 0.717) is 5.92 Å². The van der Waals surface area contributed by atoms with Gasteiger partial charge in [0.2, 0.25) is 0 Å². The molecule has 1 heterocycles. The van der Waals surface area contributed by atoms with Gasteiger partial charge in [0.05, 0.1) is 11.7 Å². The molecule has 1 saturated heterocycles. The number of ether oxygens (including phenoxy) is 1. The number of hydrogen-bond donors (Lipinski definition) is 1. The van der Waals surface area contributed by atoms with Crippen molar-refractivity contribution in [1.82, 2.24) is 5.32 Å². The Labute approximate surface area is 128 Å². The SMILES string of the molecule is CCCNCC(CC1CCC(C)(C)O1)c1cccc(F)c1. The van der Waals surface area contributed by atoms with Crippen molar-refractivity contribution in [3.63, 3.8) is 0 Å². The summed E-state index contributed by atoms with van der Waals surface area (Å²) in [5, 5.41) is 3.47. The normalized spacial score (nSPS) is 22.4. The van der Waals surface area contributed by atoms with E-state index in [1.165, 1.54) is 6.07 Å². The third-order valence-electron chi connectivity index (χ3n) is 4.24. The van der Waals surface area contributed by atoms with Crippen molar-refractivity contribution >= 4 is 0 Å². The zero-order chi connectivity index (χ0) is 15.3. The molecule has 0 aromatic heterocycles. The molecule has 0 amide bonds. The Bertz CT molecular complexity index is 447. The van der Waals surface area contributed by atoms with Crippen molar-refractivity contribution in [2.24, 2.45) is 0 Å². The fourth-order valence-corrected chi connectivity index (χ4v) is 3.11. The number of halogens is 1. The molecular formula is C18H28FNO. The summed E-state index contributed by atoms with van der Waals surface area (Å²) in [6.07, 6.45) is 4.58. The van der Waals surface area contributed by atoms with Crippen molar-refractivity contribution in [3.05, 3.63) is 35.6 Å². The van der Waals surface area contributed by atoms with Crippen LogP contribution in [-0.2, 0) is 4.74 Å². The lowest BCUT2D eigenvalue weighted by Gasteiger charge is -2.24. The second-order valence-corrected chi connectivity index (χ2v) is 6.73. The summed E-state index contributed by atoms with van der Waals surface area (Å²) in [4.78, 5) is 0. The van der Waals surface area contributed by atoms with Gasteiger partial charge in [-0.2, -0.15) is 0 Å². The molecule has 0 radical (unpaired) electrons. The highest BCUT2D eigenvalue weighted by molar-refractivity contribution is 5.21. The first-order chi connectivity index (χ1) is 10.00. The minimum Gasteiger partial charge on any atom is -0.372 e. The topological polar surface area (TPSA) is 21.3 Å². The molecule has 2 unspecified atom stereocenters. The molecule has 118 valence electrons. The summed E-state index contributed by atoms with van der Waals surface area (Å²) in [6, 6.07) is 7.01. The first-order valence-electron chi connectivity index (χ1n) is 8.14. The summed E-state index contributed by atoms with van der Waals surface area (Å²) in [5.74, 6) is 0.159. The Hall–Kier alpha value is -0.930. The van der Waals surface area contributed by atoms with Crippen molar-refractivity contribution in [2.45, 2.75) is 64.1 Å². The zero-order valence-corrected chi connectivity index (χ0v) is 13.5. The maximum atomic E-state index is 13.5. The van der Waals surface area contributed by atoms with Gasteiger partial charge in [0.1, 0.15) is 5.82 Å². The van der Waals surface area contributed by atoms with Crippen molar-refractivity contribution < 1.29 is 9.13 Å². The molecule has 3 heteroatoms. The van der Waals surface area contributed by atoms with Gasteiger partial charge in [0.25, 0.3) is 0 Å². The number of rotatable bonds is 7. The lowest BCUT2D eigenvalue weighted by atomic mass is 9.91. The molecule has 2 nitrogen and oxygen atoms in total. The number of benzene rings is 1. The van der Waals surface area contributed by atoms with Crippen molar-refractivity contribution in [3.8, 4) is 0 Å². The van der Waals surface area contributed by atoms with Crippen LogP contribution in [0.15, 0.2) is 24.3 Å². The van der Waals surface area contributed by atoms with Crippen LogP contribution in [0, 0.1) is 5.82 Å². The van der Waals surface area contributed by atoms with Gasteiger partial charge in [0, 0.05) is 6.54 Å². The average molecular weight is 293 g/mol. The molecule has 2 rings (SSSR count). The summed E-state index contributed by atoms with van der Waals surface area (Å²) >= 11 is 0. The van der Waals surface area contributed by atoms with Crippen molar-refractivity contribution in [2.75, 3.05) is 13.1 Å². The Morgan fingerprint density at radius 1 is 1.43 bits per heavy atom. The summed E-state index contributed by atoms with van der Waals surface area (Å²) in [7, 11) is 0. The lowest BCUT2D eigenvalue weighted by Crippen LogP contribution is -2.27. The molecule has 0 spiro atoms. The Morgan fingerprint density at radius 2 is 2.24 bits per heavy atom. The lowest BCUT2D eigenvalue weighted by molar-refractivity contribution is -0.0209. The average Bonchev–Trinajstić information content (AvgIpc) is 2.77. The standard InChI is InChI=1S/C18H28FNO/c1-4-10-20-13-15(14-6-5-7-16(19)11-14)12-17-8-9-18(2,3)21-17/h5-7,11,15,17,20H,4,8-10,12-13H2,1-3H3. The van der Waals surface area contributed by atoms with Gasteiger partial charge < -0.3 is 10.1 Å². The van der Waals surface area contributed by atoms with Gasteiger partial charge in [-0.25, -0.2) is 4.39 Å². The third-order valence-corrected chi connectivity index (χ3v) is 4.24. The van der Waals surface area contributed by atoms with Crippen LogP contribution in [0.25, 0.3) is 0 Å². The minimum absolute atomic E-state index is 0.00595. The summed E-state index contributed by atoms with van der Waals surface area (Å²) in [6.45, 7) is 8.35. The second-order valence-electron chi connectivity index (χ2n) is 6.73. The quantitative estimate of drug-likeness (QED) is 0.759. The van der Waals surface area contributed by atoms with Gasteiger partial charge in [-0.05, 0) is 69.7 Å². The van der Waals surface area contributed by atoms with Gasteiger partial charge >= 0.3 is 0 Å². The maximum Gasteiger partial charge on any atom is 0.123 e. The molecule has 0 bridgehead atoms. The molecule has 21 heavy (non-hydrogen) atoms. The fraction of sp³-hybridized carbons (Fsp3) is 0.667. The molecule has 1 fully saturated rings. The highest BCUT2D eigenvalue weighted by Gasteiger charge is 2.33. The van der Waals surface area contributed by atoms with E-state index >= 15 is 0 Å². The Balaban J connectivity index is 2.02. The van der Waals surface area contributed by atoms with Crippen LogP contribution in [-0.4, -0.2) is 24.8 Å². The van der Waals surface area contributed by atoms with Crippen LogP contribution in [0.5, 0.6) is 0 Å². The first-order valence-corrected chi connectivity index (χ1v) is 8.14. The van der Waals surface area contributed by atoms with Gasteiger partial charge in [-0.3, -0.25) is 0 Å². The molecule has 1 aromatic carbocycles. The monoisotopic (exact) mass is 293 g/mol. The van der Waals surface area contributed by atoms with E-state index in [4.69, 9.17) is 4.74 Å². The second kappa shape index (κ2) is 7.37. The van der Waals surface area contributed by atoms with E-state index in [0.717, 1.165) is 44.3 Å². The van der Waals surface area contributed by atoms with E-state index in [-0.39, 0.29) is 17.5 Å². The number of hydrogen-bond acceptors (Lipinski definition) is 2. The molecule has 2 atom stereocenters. The van der Waals surface area contributed by atoms with Crippen molar-refractivity contribution in [1.29, 1.82) is 0 Å². The van der Waals surface area contributed by atoms with Crippen LogP contribution in [0.3, 0.4) is 0 Å². The molecule has 1 aliphatic rings. The smallest absolute Gasteiger partial charge is 0.123 e. The minimum atomic E-state index is -0.152. The number of nitrogens with one attached hydrogen (secondary N) is 1. The van der Waals surface area contributed by atoms with E-state index in [9.17, 15) is 4.39 Å². The Morgan fingerprint density at radius 3 is 2.86 bits per heavy atom. The van der Waals surface area contributed by atoms with E-state index in [1.807, 2.05) is 6.07 Å². The molecular weight excluding hydrogens is 265 g/mol. The fourth-order valence-electron chi connectivity index (χ4n) is 3.11. The van der Waals surface area contributed by atoms with Crippen LogP contribution < -0.4 is 5.32 Å².